The first-order valence-electron chi connectivity index (χ1n) is 8.54. The average Bonchev–Trinajstić information content (AvgIpc) is 2.97. The average molecular weight is 328 g/mol. The van der Waals surface area contributed by atoms with E-state index in [4.69, 9.17) is 4.74 Å². The van der Waals surface area contributed by atoms with Crippen LogP contribution in [0.25, 0.3) is 5.69 Å². The highest BCUT2D eigenvalue weighted by Gasteiger charge is 2.26. The molecule has 1 aromatic heterocycles. The Hall–Kier alpha value is -2.21. The fourth-order valence-corrected chi connectivity index (χ4v) is 3.12. The zero-order valence-electron chi connectivity index (χ0n) is 14.3. The van der Waals surface area contributed by atoms with Gasteiger partial charge in [0.05, 0.1) is 23.9 Å². The molecule has 1 aromatic carbocycles. The number of nitrogens with zero attached hydrogens (tertiary/aromatic N) is 4. The van der Waals surface area contributed by atoms with Crippen LogP contribution < -0.4 is 0 Å². The SMILES string of the molecule is CCOC(=O)C1CCN(Cc2nnn(-c3ccccc3)c2C)CC1. The molecule has 3 rings (SSSR count). The molecular weight excluding hydrogens is 304 g/mol. The molecule has 6 nitrogen and oxygen atoms in total. The van der Waals surface area contributed by atoms with Crippen LogP contribution in [-0.2, 0) is 16.1 Å². The van der Waals surface area contributed by atoms with E-state index in [1.807, 2.05) is 48.9 Å². The van der Waals surface area contributed by atoms with Gasteiger partial charge in [0.2, 0.25) is 0 Å². The first kappa shape index (κ1) is 16.6. The summed E-state index contributed by atoms with van der Waals surface area (Å²) < 4.78 is 7.00. The van der Waals surface area contributed by atoms with Crippen molar-refractivity contribution in [3.63, 3.8) is 0 Å². The molecule has 24 heavy (non-hydrogen) atoms. The van der Waals surface area contributed by atoms with Crippen LogP contribution in [0, 0.1) is 12.8 Å². The minimum absolute atomic E-state index is 0.0438. The van der Waals surface area contributed by atoms with Crippen molar-refractivity contribution in [1.29, 1.82) is 0 Å². The maximum atomic E-state index is 11.8. The van der Waals surface area contributed by atoms with Crippen LogP contribution in [0.5, 0.6) is 0 Å². The molecule has 6 heteroatoms. The molecule has 2 aromatic rings. The van der Waals surface area contributed by atoms with E-state index in [0.717, 1.165) is 49.6 Å². The Morgan fingerprint density at radius 1 is 1.25 bits per heavy atom. The van der Waals surface area contributed by atoms with Gasteiger partial charge < -0.3 is 4.74 Å². The van der Waals surface area contributed by atoms with E-state index >= 15 is 0 Å². The number of ether oxygens (including phenoxy) is 1. The molecule has 0 N–H and O–H groups in total. The molecule has 1 aliphatic heterocycles. The predicted octanol–water partition coefficient (Wildman–Crippen LogP) is 2.35. The lowest BCUT2D eigenvalue weighted by Gasteiger charge is -2.30. The number of benzene rings is 1. The van der Waals surface area contributed by atoms with Gasteiger partial charge in [0.15, 0.2) is 0 Å². The number of carbonyl (C=O) groups is 1. The summed E-state index contributed by atoms with van der Waals surface area (Å²) >= 11 is 0. The fourth-order valence-electron chi connectivity index (χ4n) is 3.12. The van der Waals surface area contributed by atoms with Crippen LogP contribution in [0.4, 0.5) is 0 Å². The van der Waals surface area contributed by atoms with Gasteiger partial charge in [-0.15, -0.1) is 5.10 Å². The van der Waals surface area contributed by atoms with Crippen LogP contribution in [0.2, 0.25) is 0 Å². The number of piperidine rings is 1. The number of para-hydroxylation sites is 1. The summed E-state index contributed by atoms with van der Waals surface area (Å²) in [6.07, 6.45) is 1.70. The third-order valence-electron chi connectivity index (χ3n) is 4.57. The highest BCUT2D eigenvalue weighted by molar-refractivity contribution is 5.72. The maximum Gasteiger partial charge on any atom is 0.309 e. The Morgan fingerprint density at radius 2 is 1.96 bits per heavy atom. The number of hydrogen-bond donors (Lipinski definition) is 0. The van der Waals surface area contributed by atoms with E-state index in [1.165, 1.54) is 0 Å². The number of rotatable bonds is 5. The number of likely N-dealkylation sites (tertiary alicyclic amines) is 1. The molecule has 1 aliphatic rings. The van der Waals surface area contributed by atoms with E-state index in [2.05, 4.69) is 15.2 Å². The lowest BCUT2D eigenvalue weighted by atomic mass is 9.97. The highest BCUT2D eigenvalue weighted by Crippen LogP contribution is 2.21. The van der Waals surface area contributed by atoms with Crippen molar-refractivity contribution >= 4 is 5.97 Å². The van der Waals surface area contributed by atoms with E-state index in [1.54, 1.807) is 0 Å². The summed E-state index contributed by atoms with van der Waals surface area (Å²) in [4.78, 5) is 14.1. The topological polar surface area (TPSA) is 60.2 Å². The van der Waals surface area contributed by atoms with Crippen LogP contribution in [0.3, 0.4) is 0 Å². The van der Waals surface area contributed by atoms with Gasteiger partial charge in [-0.1, -0.05) is 23.4 Å². The van der Waals surface area contributed by atoms with Crippen molar-refractivity contribution < 1.29 is 9.53 Å². The van der Waals surface area contributed by atoms with E-state index < -0.39 is 0 Å². The van der Waals surface area contributed by atoms with Crippen LogP contribution in [0.1, 0.15) is 31.2 Å². The van der Waals surface area contributed by atoms with Crippen LogP contribution in [-0.4, -0.2) is 45.6 Å². The van der Waals surface area contributed by atoms with Gasteiger partial charge >= 0.3 is 5.97 Å². The van der Waals surface area contributed by atoms with Crippen molar-refractivity contribution in [3.8, 4) is 5.69 Å². The zero-order chi connectivity index (χ0) is 16.9. The second-order valence-electron chi connectivity index (χ2n) is 6.17. The summed E-state index contributed by atoms with van der Waals surface area (Å²) in [6.45, 7) is 6.91. The summed E-state index contributed by atoms with van der Waals surface area (Å²) in [5.74, 6) is -0.00866. The smallest absolute Gasteiger partial charge is 0.309 e. The molecule has 2 heterocycles. The first-order chi connectivity index (χ1) is 11.7. The quantitative estimate of drug-likeness (QED) is 0.789. The van der Waals surface area contributed by atoms with Crippen molar-refractivity contribution in [2.45, 2.75) is 33.2 Å². The molecule has 0 unspecified atom stereocenters. The molecule has 0 aliphatic carbocycles. The number of esters is 1. The third-order valence-corrected chi connectivity index (χ3v) is 4.57. The Morgan fingerprint density at radius 3 is 2.62 bits per heavy atom. The van der Waals surface area contributed by atoms with Gasteiger partial charge in [-0.25, -0.2) is 4.68 Å². The Kier molecular flexibility index (Phi) is 5.25. The van der Waals surface area contributed by atoms with Gasteiger partial charge in [0, 0.05) is 6.54 Å². The standard InChI is InChI=1S/C18H24N4O2/c1-3-24-18(23)15-9-11-21(12-10-15)13-17-14(2)22(20-19-17)16-7-5-4-6-8-16/h4-8,15H,3,9-13H2,1-2H3. The van der Waals surface area contributed by atoms with Gasteiger partial charge in [0.25, 0.3) is 0 Å². The number of hydrogen-bond acceptors (Lipinski definition) is 5. The van der Waals surface area contributed by atoms with Crippen molar-refractivity contribution in [1.82, 2.24) is 19.9 Å². The van der Waals surface area contributed by atoms with Gasteiger partial charge in [-0.3, -0.25) is 9.69 Å². The lowest BCUT2D eigenvalue weighted by Crippen LogP contribution is -2.36. The molecule has 1 fully saturated rings. The molecule has 0 bridgehead atoms. The van der Waals surface area contributed by atoms with Crippen molar-refractivity contribution in [2.24, 2.45) is 5.92 Å². The molecule has 128 valence electrons. The second kappa shape index (κ2) is 7.57. The minimum atomic E-state index is -0.0525. The minimum Gasteiger partial charge on any atom is -0.466 e. The van der Waals surface area contributed by atoms with E-state index in [-0.39, 0.29) is 11.9 Å². The lowest BCUT2D eigenvalue weighted by molar-refractivity contribution is -0.149. The monoisotopic (exact) mass is 328 g/mol. The second-order valence-corrected chi connectivity index (χ2v) is 6.17. The molecule has 0 saturated carbocycles. The molecule has 0 radical (unpaired) electrons. The van der Waals surface area contributed by atoms with Gasteiger partial charge in [0.1, 0.15) is 5.69 Å². The van der Waals surface area contributed by atoms with Crippen LogP contribution >= 0.6 is 0 Å². The Balaban J connectivity index is 1.60. The maximum absolute atomic E-state index is 11.8. The molecule has 1 saturated heterocycles. The molecule has 0 amide bonds. The summed E-state index contributed by atoms with van der Waals surface area (Å²) in [7, 11) is 0. The van der Waals surface area contributed by atoms with Gasteiger partial charge in [-0.05, 0) is 51.9 Å². The van der Waals surface area contributed by atoms with E-state index in [0.29, 0.717) is 6.61 Å². The number of carbonyl (C=O) groups excluding carboxylic acids is 1. The highest BCUT2D eigenvalue weighted by atomic mass is 16.5. The Bertz CT molecular complexity index is 676. The van der Waals surface area contributed by atoms with Crippen molar-refractivity contribution in [2.75, 3.05) is 19.7 Å². The molecular formula is C18H24N4O2. The predicted molar refractivity (Wildman–Crippen MR) is 90.7 cm³/mol. The summed E-state index contributed by atoms with van der Waals surface area (Å²) in [5, 5.41) is 8.63. The van der Waals surface area contributed by atoms with Crippen LogP contribution in [0.15, 0.2) is 30.3 Å². The summed E-state index contributed by atoms with van der Waals surface area (Å²) in [6, 6.07) is 10.0. The van der Waals surface area contributed by atoms with Gasteiger partial charge in [-0.2, -0.15) is 0 Å². The first-order valence-corrected chi connectivity index (χ1v) is 8.54. The van der Waals surface area contributed by atoms with E-state index in [9.17, 15) is 4.79 Å². The third kappa shape index (κ3) is 3.64. The number of aromatic nitrogens is 3. The fraction of sp³-hybridized carbons (Fsp3) is 0.500. The van der Waals surface area contributed by atoms with Crippen molar-refractivity contribution in [3.05, 3.63) is 41.7 Å². The summed E-state index contributed by atoms with van der Waals surface area (Å²) in [5.41, 5.74) is 3.08. The largest absolute Gasteiger partial charge is 0.466 e. The zero-order valence-corrected chi connectivity index (χ0v) is 14.3. The Labute approximate surface area is 142 Å². The normalized spacial score (nSPS) is 16.2. The molecule has 0 atom stereocenters. The molecule has 0 spiro atoms.